The lowest BCUT2D eigenvalue weighted by Crippen LogP contribution is -2.23. The lowest BCUT2D eigenvalue weighted by atomic mass is 10.1. The number of primary amides is 1. The summed E-state index contributed by atoms with van der Waals surface area (Å²) in [7, 11) is 1.81. The third-order valence-corrected chi connectivity index (χ3v) is 2.26. The molecule has 0 aromatic carbocycles. The number of nitrogens with one attached hydrogen (secondary N) is 1. The first-order chi connectivity index (χ1) is 7.17. The van der Waals surface area contributed by atoms with Crippen LogP contribution in [0.5, 0.6) is 0 Å². The van der Waals surface area contributed by atoms with Crippen molar-refractivity contribution in [1.29, 1.82) is 0 Å². The average molecular weight is 210 g/mol. The smallest absolute Gasteiger partial charge is 0.219 e. The van der Waals surface area contributed by atoms with Gasteiger partial charge in [0, 0.05) is 30.8 Å². The summed E-state index contributed by atoms with van der Waals surface area (Å²) in [5.41, 5.74) is 6.17. The number of carbonyl (C=O) groups is 1. The third-order valence-electron chi connectivity index (χ3n) is 2.26. The van der Waals surface area contributed by atoms with Crippen LogP contribution in [0.2, 0.25) is 0 Å². The fraction of sp³-hybridized carbons (Fsp3) is 0.600. The molecule has 1 aromatic rings. The first-order valence-corrected chi connectivity index (χ1v) is 5.15. The predicted octanol–water partition coefficient (Wildman–Crippen LogP) is 0.429. The number of aromatic nitrogens is 2. The summed E-state index contributed by atoms with van der Waals surface area (Å²) in [6.45, 7) is 2.99. The molecule has 0 fully saturated rings. The normalized spacial score (nSPS) is 12.7. The second kappa shape index (κ2) is 5.50. The van der Waals surface area contributed by atoms with E-state index in [4.69, 9.17) is 5.73 Å². The fourth-order valence-electron chi connectivity index (χ4n) is 1.50. The maximum Gasteiger partial charge on any atom is 0.219 e. The van der Waals surface area contributed by atoms with E-state index in [0.717, 1.165) is 18.5 Å². The highest BCUT2D eigenvalue weighted by atomic mass is 16.1. The molecule has 0 saturated heterocycles. The zero-order chi connectivity index (χ0) is 11.3. The van der Waals surface area contributed by atoms with Crippen molar-refractivity contribution in [2.75, 3.05) is 7.05 Å². The summed E-state index contributed by atoms with van der Waals surface area (Å²) in [6.07, 6.45) is 5.07. The van der Waals surface area contributed by atoms with Gasteiger partial charge in [0.2, 0.25) is 5.91 Å². The van der Waals surface area contributed by atoms with E-state index < -0.39 is 0 Å². The second-order valence-corrected chi connectivity index (χ2v) is 3.55. The summed E-state index contributed by atoms with van der Waals surface area (Å²) >= 11 is 0. The summed E-state index contributed by atoms with van der Waals surface area (Å²) < 4.78 is 1.88. The van der Waals surface area contributed by atoms with Crippen LogP contribution in [0, 0.1) is 0 Å². The molecule has 0 saturated carbocycles. The van der Waals surface area contributed by atoms with Crippen LogP contribution < -0.4 is 11.1 Å². The minimum Gasteiger partial charge on any atom is -0.370 e. The SMILES string of the molecule is CCCn1cc(C(CC(N)=O)NC)cn1. The van der Waals surface area contributed by atoms with E-state index in [9.17, 15) is 4.79 Å². The van der Waals surface area contributed by atoms with Crippen LogP contribution in [-0.4, -0.2) is 22.7 Å². The Hall–Kier alpha value is -1.36. The van der Waals surface area contributed by atoms with Crippen molar-refractivity contribution in [3.63, 3.8) is 0 Å². The number of nitrogens with zero attached hydrogens (tertiary/aromatic N) is 2. The minimum atomic E-state index is -0.308. The lowest BCUT2D eigenvalue weighted by molar-refractivity contribution is -0.118. The van der Waals surface area contributed by atoms with Gasteiger partial charge in [0.1, 0.15) is 0 Å². The molecule has 0 spiro atoms. The molecule has 0 bridgehead atoms. The molecular weight excluding hydrogens is 192 g/mol. The van der Waals surface area contributed by atoms with Crippen LogP contribution in [0.4, 0.5) is 0 Å². The monoisotopic (exact) mass is 210 g/mol. The Bertz CT molecular complexity index is 321. The van der Waals surface area contributed by atoms with E-state index in [1.165, 1.54) is 0 Å². The Morgan fingerprint density at radius 1 is 1.73 bits per heavy atom. The van der Waals surface area contributed by atoms with E-state index in [1.807, 2.05) is 17.9 Å². The zero-order valence-corrected chi connectivity index (χ0v) is 9.23. The molecule has 15 heavy (non-hydrogen) atoms. The maximum absolute atomic E-state index is 10.8. The molecule has 3 N–H and O–H groups in total. The Kier molecular flexibility index (Phi) is 4.30. The minimum absolute atomic E-state index is 0.0342. The molecule has 0 aliphatic carbocycles. The van der Waals surface area contributed by atoms with Crippen molar-refractivity contribution in [1.82, 2.24) is 15.1 Å². The van der Waals surface area contributed by atoms with Crippen molar-refractivity contribution in [2.24, 2.45) is 5.73 Å². The van der Waals surface area contributed by atoms with Crippen molar-refractivity contribution >= 4 is 5.91 Å². The Morgan fingerprint density at radius 2 is 2.47 bits per heavy atom. The molecule has 0 radical (unpaired) electrons. The van der Waals surface area contributed by atoms with Gasteiger partial charge in [-0.1, -0.05) is 6.92 Å². The molecule has 1 aromatic heterocycles. The molecule has 1 heterocycles. The standard InChI is InChI=1S/C10H18N4O/c1-3-4-14-7-8(6-13-14)9(12-2)5-10(11)15/h6-7,9,12H,3-5H2,1-2H3,(H2,11,15). The van der Waals surface area contributed by atoms with E-state index in [-0.39, 0.29) is 11.9 Å². The Morgan fingerprint density at radius 3 is 3.00 bits per heavy atom. The van der Waals surface area contributed by atoms with Crippen LogP contribution in [0.3, 0.4) is 0 Å². The van der Waals surface area contributed by atoms with Gasteiger partial charge in [-0.2, -0.15) is 5.10 Å². The summed E-state index contributed by atoms with van der Waals surface area (Å²) in [5, 5.41) is 7.26. The van der Waals surface area contributed by atoms with Crippen molar-refractivity contribution in [2.45, 2.75) is 32.4 Å². The first kappa shape index (κ1) is 11.7. The number of carbonyl (C=O) groups excluding carboxylic acids is 1. The number of amides is 1. The van der Waals surface area contributed by atoms with Gasteiger partial charge >= 0.3 is 0 Å². The van der Waals surface area contributed by atoms with E-state index in [2.05, 4.69) is 17.3 Å². The molecule has 1 atom stereocenters. The summed E-state index contributed by atoms with van der Waals surface area (Å²) in [6, 6.07) is -0.0342. The van der Waals surface area contributed by atoms with Crippen LogP contribution in [0.25, 0.3) is 0 Å². The van der Waals surface area contributed by atoms with E-state index >= 15 is 0 Å². The predicted molar refractivity (Wildman–Crippen MR) is 58.1 cm³/mol. The van der Waals surface area contributed by atoms with Gasteiger partial charge in [-0.25, -0.2) is 0 Å². The lowest BCUT2D eigenvalue weighted by Gasteiger charge is -2.11. The number of aryl methyl sites for hydroxylation is 1. The largest absolute Gasteiger partial charge is 0.370 e. The van der Waals surface area contributed by atoms with Gasteiger partial charge < -0.3 is 11.1 Å². The number of nitrogens with two attached hydrogens (primary N) is 1. The second-order valence-electron chi connectivity index (χ2n) is 3.55. The fourth-order valence-corrected chi connectivity index (χ4v) is 1.50. The van der Waals surface area contributed by atoms with Gasteiger partial charge in [-0.05, 0) is 13.5 Å². The quantitative estimate of drug-likeness (QED) is 0.715. The zero-order valence-electron chi connectivity index (χ0n) is 9.23. The summed E-state index contributed by atoms with van der Waals surface area (Å²) in [4.78, 5) is 10.8. The van der Waals surface area contributed by atoms with Crippen molar-refractivity contribution < 1.29 is 4.79 Å². The van der Waals surface area contributed by atoms with Crippen molar-refractivity contribution in [3.8, 4) is 0 Å². The number of rotatable bonds is 6. The highest BCUT2D eigenvalue weighted by molar-refractivity contribution is 5.74. The Balaban J connectivity index is 2.69. The van der Waals surface area contributed by atoms with Crippen LogP contribution in [0.1, 0.15) is 31.4 Å². The highest BCUT2D eigenvalue weighted by Crippen LogP contribution is 2.14. The number of hydrogen-bond acceptors (Lipinski definition) is 3. The molecule has 84 valence electrons. The van der Waals surface area contributed by atoms with Crippen LogP contribution in [-0.2, 0) is 11.3 Å². The molecule has 1 amide bonds. The number of hydrogen-bond donors (Lipinski definition) is 2. The van der Waals surface area contributed by atoms with Gasteiger partial charge in [-0.3, -0.25) is 9.48 Å². The van der Waals surface area contributed by atoms with Crippen molar-refractivity contribution in [3.05, 3.63) is 18.0 Å². The molecule has 1 rings (SSSR count). The molecule has 5 heteroatoms. The van der Waals surface area contributed by atoms with Crippen LogP contribution in [0.15, 0.2) is 12.4 Å². The van der Waals surface area contributed by atoms with E-state index in [0.29, 0.717) is 6.42 Å². The van der Waals surface area contributed by atoms with Gasteiger partial charge in [0.05, 0.1) is 6.20 Å². The third kappa shape index (κ3) is 3.36. The highest BCUT2D eigenvalue weighted by Gasteiger charge is 2.13. The summed E-state index contributed by atoms with van der Waals surface area (Å²) in [5.74, 6) is -0.308. The molecular formula is C10H18N4O. The molecule has 0 aliphatic rings. The molecule has 0 aliphatic heterocycles. The van der Waals surface area contributed by atoms with Crippen LogP contribution >= 0.6 is 0 Å². The van der Waals surface area contributed by atoms with Gasteiger partial charge in [0.25, 0.3) is 0 Å². The maximum atomic E-state index is 10.8. The first-order valence-electron chi connectivity index (χ1n) is 5.15. The van der Waals surface area contributed by atoms with E-state index in [1.54, 1.807) is 6.20 Å². The molecule has 5 nitrogen and oxygen atoms in total. The molecule has 1 unspecified atom stereocenters. The topological polar surface area (TPSA) is 72.9 Å². The van der Waals surface area contributed by atoms with Gasteiger partial charge in [0.15, 0.2) is 0 Å². The Labute approximate surface area is 89.6 Å². The van der Waals surface area contributed by atoms with Gasteiger partial charge in [-0.15, -0.1) is 0 Å². The average Bonchev–Trinajstić information content (AvgIpc) is 2.63.